The van der Waals surface area contributed by atoms with E-state index < -0.39 is 0 Å². The van der Waals surface area contributed by atoms with E-state index in [0.717, 1.165) is 48.8 Å². The fraction of sp³-hybridized carbons (Fsp3) is 0.480. The summed E-state index contributed by atoms with van der Waals surface area (Å²) in [6.45, 7) is 1.58. The number of nitrogens with one attached hydrogen (secondary N) is 1. The predicted octanol–water partition coefficient (Wildman–Crippen LogP) is 2.67. The summed E-state index contributed by atoms with van der Waals surface area (Å²) < 4.78 is 1.67. The van der Waals surface area contributed by atoms with Crippen LogP contribution >= 0.6 is 0 Å². The number of carbonyl (C=O) groups is 2. The van der Waals surface area contributed by atoms with Gasteiger partial charge in [-0.05, 0) is 55.2 Å². The molecule has 5 rings (SSSR count). The van der Waals surface area contributed by atoms with E-state index in [1.807, 2.05) is 41.4 Å². The number of rotatable bonds is 6. The molecule has 2 saturated carbocycles. The van der Waals surface area contributed by atoms with Gasteiger partial charge in [0.05, 0.1) is 0 Å². The number of aromatic nitrogens is 1. The Hall–Kier alpha value is -2.89. The Labute approximate surface area is 182 Å². The quantitative estimate of drug-likeness (QED) is 0.783. The molecule has 0 saturated heterocycles. The number of pyridine rings is 1. The molecular weight excluding hydrogens is 390 g/mol. The average molecular weight is 420 g/mol. The number of carbonyl (C=O) groups excluding carboxylic acids is 2. The van der Waals surface area contributed by atoms with E-state index in [0.29, 0.717) is 32.5 Å². The highest BCUT2D eigenvalue weighted by Crippen LogP contribution is 2.31. The van der Waals surface area contributed by atoms with Crippen LogP contribution < -0.4 is 10.9 Å². The number of amides is 2. The Balaban J connectivity index is 1.45. The van der Waals surface area contributed by atoms with Crippen molar-refractivity contribution in [1.29, 1.82) is 0 Å². The molecule has 1 aromatic heterocycles. The van der Waals surface area contributed by atoms with Gasteiger partial charge in [-0.3, -0.25) is 14.4 Å². The van der Waals surface area contributed by atoms with Crippen LogP contribution in [0.3, 0.4) is 0 Å². The van der Waals surface area contributed by atoms with Crippen LogP contribution in [0.4, 0.5) is 0 Å². The minimum atomic E-state index is -0.253. The lowest BCUT2D eigenvalue weighted by atomic mass is 9.83. The maximum atomic E-state index is 13.3. The molecule has 31 heavy (non-hydrogen) atoms. The molecule has 0 spiro atoms. The van der Waals surface area contributed by atoms with Crippen molar-refractivity contribution in [2.75, 3.05) is 6.54 Å². The van der Waals surface area contributed by atoms with E-state index in [2.05, 4.69) is 5.32 Å². The normalized spacial score (nSPS) is 18.3. The van der Waals surface area contributed by atoms with Crippen LogP contribution in [-0.4, -0.2) is 33.9 Å². The Morgan fingerprint density at radius 2 is 1.84 bits per heavy atom. The van der Waals surface area contributed by atoms with E-state index >= 15 is 0 Å². The van der Waals surface area contributed by atoms with Gasteiger partial charge in [-0.1, -0.05) is 36.8 Å². The van der Waals surface area contributed by atoms with Crippen molar-refractivity contribution in [2.24, 2.45) is 5.92 Å². The van der Waals surface area contributed by atoms with Gasteiger partial charge in [0.1, 0.15) is 5.56 Å². The predicted molar refractivity (Wildman–Crippen MR) is 118 cm³/mol. The molecule has 6 nitrogen and oxygen atoms in total. The Kier molecular flexibility index (Phi) is 5.38. The molecule has 2 aliphatic carbocycles. The second kappa shape index (κ2) is 8.33. The second-order valence-corrected chi connectivity index (χ2v) is 9.13. The van der Waals surface area contributed by atoms with Crippen molar-refractivity contribution in [3.63, 3.8) is 0 Å². The highest BCUT2D eigenvalue weighted by molar-refractivity contribution is 5.96. The summed E-state index contributed by atoms with van der Waals surface area (Å²) in [6.07, 6.45) is 8.21. The highest BCUT2D eigenvalue weighted by Gasteiger charge is 2.34. The van der Waals surface area contributed by atoms with Crippen LogP contribution in [0.5, 0.6) is 0 Å². The summed E-state index contributed by atoms with van der Waals surface area (Å²) in [5, 5.41) is 3.00. The summed E-state index contributed by atoms with van der Waals surface area (Å²) >= 11 is 0. The van der Waals surface area contributed by atoms with Crippen LogP contribution in [0.1, 0.15) is 59.2 Å². The Morgan fingerprint density at radius 3 is 2.52 bits per heavy atom. The maximum absolute atomic E-state index is 13.3. The van der Waals surface area contributed by atoms with Gasteiger partial charge in [0.15, 0.2) is 0 Å². The van der Waals surface area contributed by atoms with Crippen molar-refractivity contribution in [3.8, 4) is 0 Å². The summed E-state index contributed by atoms with van der Waals surface area (Å²) in [6, 6.07) is 10.2. The van der Waals surface area contributed by atoms with Crippen LogP contribution in [0, 0.1) is 5.92 Å². The van der Waals surface area contributed by atoms with E-state index in [4.69, 9.17) is 0 Å². The molecule has 0 unspecified atom stereocenters. The van der Waals surface area contributed by atoms with E-state index in [9.17, 15) is 14.4 Å². The molecule has 2 aromatic rings. The van der Waals surface area contributed by atoms with Gasteiger partial charge in [0.25, 0.3) is 11.5 Å². The maximum Gasteiger partial charge on any atom is 0.263 e. The van der Waals surface area contributed by atoms with Crippen LogP contribution in [0.25, 0.3) is 0 Å². The second-order valence-electron chi connectivity index (χ2n) is 9.13. The first-order valence-corrected chi connectivity index (χ1v) is 11.5. The number of nitrogens with zero attached hydrogens (tertiary/aromatic N) is 2. The third kappa shape index (κ3) is 4.16. The van der Waals surface area contributed by atoms with Gasteiger partial charge in [-0.2, -0.15) is 0 Å². The van der Waals surface area contributed by atoms with Crippen LogP contribution in [-0.2, 0) is 30.7 Å². The lowest BCUT2D eigenvalue weighted by Gasteiger charge is -2.35. The molecule has 2 heterocycles. The minimum Gasteiger partial charge on any atom is -0.349 e. The van der Waals surface area contributed by atoms with Crippen molar-refractivity contribution in [1.82, 2.24) is 14.8 Å². The van der Waals surface area contributed by atoms with Crippen molar-refractivity contribution in [2.45, 2.75) is 64.1 Å². The van der Waals surface area contributed by atoms with E-state index in [1.54, 1.807) is 4.57 Å². The van der Waals surface area contributed by atoms with E-state index in [-0.39, 0.29) is 34.9 Å². The van der Waals surface area contributed by atoms with Gasteiger partial charge < -0.3 is 14.8 Å². The fourth-order valence-corrected chi connectivity index (χ4v) is 4.59. The standard InChI is InChI=1S/C25H29N3O3/c29-23(26-20-9-10-20)22-21-12-14-27(24(30)18-7-4-8-18)15-19(21)16-28(25(22)31)13-11-17-5-2-1-3-6-17/h1-3,5-6,16,18,20H,4,7-15H2,(H,26,29). The number of hydrogen-bond donors (Lipinski definition) is 1. The number of fused-ring (bicyclic) bond motifs is 1. The number of aryl methyl sites for hydroxylation is 2. The molecule has 162 valence electrons. The molecule has 2 fully saturated rings. The van der Waals surface area contributed by atoms with Crippen LogP contribution in [0.15, 0.2) is 41.3 Å². The van der Waals surface area contributed by atoms with Crippen molar-refractivity contribution in [3.05, 3.63) is 69.1 Å². The summed E-state index contributed by atoms with van der Waals surface area (Å²) in [7, 11) is 0. The molecule has 0 bridgehead atoms. The van der Waals surface area contributed by atoms with Crippen molar-refractivity contribution < 1.29 is 9.59 Å². The van der Waals surface area contributed by atoms with Gasteiger partial charge in [0.2, 0.25) is 5.91 Å². The van der Waals surface area contributed by atoms with Crippen LogP contribution in [0.2, 0.25) is 0 Å². The largest absolute Gasteiger partial charge is 0.349 e. The fourth-order valence-electron chi connectivity index (χ4n) is 4.59. The SMILES string of the molecule is O=C(NC1CC1)c1c2c(cn(CCc3ccccc3)c1=O)CN(C(=O)C1CCC1)CC2. The zero-order valence-corrected chi connectivity index (χ0v) is 17.8. The molecule has 3 aliphatic rings. The molecule has 0 radical (unpaired) electrons. The summed E-state index contributed by atoms with van der Waals surface area (Å²) in [4.78, 5) is 41.0. The summed E-state index contributed by atoms with van der Waals surface area (Å²) in [5.74, 6) is 0.127. The molecule has 2 amide bonds. The minimum absolute atomic E-state index is 0.156. The number of hydrogen-bond acceptors (Lipinski definition) is 3. The average Bonchev–Trinajstić information content (AvgIpc) is 3.55. The lowest BCUT2D eigenvalue weighted by Crippen LogP contribution is -2.44. The van der Waals surface area contributed by atoms with E-state index in [1.165, 1.54) is 0 Å². The first kappa shape index (κ1) is 20.0. The first-order chi connectivity index (χ1) is 15.1. The third-order valence-corrected chi connectivity index (χ3v) is 6.86. The smallest absolute Gasteiger partial charge is 0.263 e. The molecule has 1 aliphatic heterocycles. The highest BCUT2D eigenvalue weighted by atomic mass is 16.2. The third-order valence-electron chi connectivity index (χ3n) is 6.86. The number of benzene rings is 1. The molecular formula is C25H29N3O3. The zero-order chi connectivity index (χ0) is 21.4. The lowest BCUT2D eigenvalue weighted by molar-refractivity contribution is -0.139. The molecule has 1 N–H and O–H groups in total. The monoisotopic (exact) mass is 419 g/mol. The zero-order valence-electron chi connectivity index (χ0n) is 17.8. The first-order valence-electron chi connectivity index (χ1n) is 11.5. The Bertz CT molecular complexity index is 1050. The van der Waals surface area contributed by atoms with Gasteiger partial charge >= 0.3 is 0 Å². The Morgan fingerprint density at radius 1 is 1.06 bits per heavy atom. The molecule has 6 heteroatoms. The van der Waals surface area contributed by atoms with Gasteiger partial charge in [-0.15, -0.1) is 0 Å². The molecule has 1 aromatic carbocycles. The van der Waals surface area contributed by atoms with Gasteiger partial charge in [0, 0.05) is 37.8 Å². The van der Waals surface area contributed by atoms with Crippen molar-refractivity contribution >= 4 is 11.8 Å². The van der Waals surface area contributed by atoms with Gasteiger partial charge in [-0.25, -0.2) is 0 Å². The summed E-state index contributed by atoms with van der Waals surface area (Å²) in [5.41, 5.74) is 2.99. The topological polar surface area (TPSA) is 71.4 Å². The molecule has 0 atom stereocenters.